The molecule has 23 heavy (non-hydrogen) atoms. The summed E-state index contributed by atoms with van der Waals surface area (Å²) >= 11 is 0. The molecule has 0 N–H and O–H groups in total. The molecule has 0 amide bonds. The highest BCUT2D eigenvalue weighted by atomic mass is 14.3. The smallest absolute Gasteiger partial charge is 0.0221 e. The molecule has 0 bridgehead atoms. The van der Waals surface area contributed by atoms with Crippen molar-refractivity contribution in [2.45, 2.75) is 68.2 Å². The van der Waals surface area contributed by atoms with Crippen LogP contribution in [0.2, 0.25) is 0 Å². The van der Waals surface area contributed by atoms with Crippen molar-refractivity contribution in [2.24, 2.45) is 5.41 Å². The molecular weight excluding hydrogens is 276 g/mol. The van der Waals surface area contributed by atoms with E-state index in [9.17, 15) is 0 Å². The Kier molecular flexibility index (Phi) is 5.04. The van der Waals surface area contributed by atoms with Gasteiger partial charge < -0.3 is 0 Å². The molecule has 0 saturated carbocycles. The number of hydrogen-bond acceptors (Lipinski definition) is 0. The van der Waals surface area contributed by atoms with E-state index < -0.39 is 0 Å². The van der Waals surface area contributed by atoms with E-state index in [0.717, 1.165) is 12.8 Å². The molecule has 0 aliphatic heterocycles. The van der Waals surface area contributed by atoms with Crippen LogP contribution in [0.3, 0.4) is 0 Å². The third-order valence-electron chi connectivity index (χ3n) is 5.18. The predicted octanol–water partition coefficient (Wildman–Crippen LogP) is 6.35. The lowest BCUT2D eigenvalue weighted by Crippen LogP contribution is -2.20. The standard InChI is InChI=1S/C23H32/c1-15-9-17(3)19(5)21(11-15)13-23(7,8)14-22-12-16(2)10-18(4)20(22)6/h9-12H,13-14H2,1-8H3. The van der Waals surface area contributed by atoms with E-state index in [2.05, 4.69) is 79.7 Å². The molecule has 0 aromatic heterocycles. The maximum Gasteiger partial charge on any atom is -0.0221 e. The van der Waals surface area contributed by atoms with Crippen LogP contribution in [0.5, 0.6) is 0 Å². The normalized spacial score (nSPS) is 11.8. The lowest BCUT2D eigenvalue weighted by atomic mass is 9.77. The Morgan fingerprint density at radius 3 is 1.30 bits per heavy atom. The molecule has 2 rings (SSSR count). The molecule has 2 aromatic carbocycles. The van der Waals surface area contributed by atoms with E-state index in [4.69, 9.17) is 0 Å². The van der Waals surface area contributed by atoms with Crippen molar-refractivity contribution in [3.8, 4) is 0 Å². The van der Waals surface area contributed by atoms with Crippen LogP contribution in [0.15, 0.2) is 24.3 Å². The van der Waals surface area contributed by atoms with E-state index in [1.54, 1.807) is 0 Å². The molecular formula is C23H32. The van der Waals surface area contributed by atoms with Crippen molar-refractivity contribution >= 4 is 0 Å². The zero-order valence-electron chi connectivity index (χ0n) is 16.2. The fourth-order valence-electron chi connectivity index (χ4n) is 3.72. The van der Waals surface area contributed by atoms with Gasteiger partial charge in [0, 0.05) is 0 Å². The van der Waals surface area contributed by atoms with Crippen molar-refractivity contribution in [3.05, 3.63) is 68.8 Å². The van der Waals surface area contributed by atoms with Gasteiger partial charge >= 0.3 is 0 Å². The minimum atomic E-state index is 0.260. The highest BCUT2D eigenvalue weighted by Gasteiger charge is 2.22. The first kappa shape index (κ1) is 17.8. The van der Waals surface area contributed by atoms with Crippen LogP contribution >= 0.6 is 0 Å². The Hall–Kier alpha value is -1.56. The van der Waals surface area contributed by atoms with Gasteiger partial charge in [-0.1, -0.05) is 49.2 Å². The van der Waals surface area contributed by atoms with Crippen molar-refractivity contribution < 1.29 is 0 Å². The summed E-state index contributed by atoms with van der Waals surface area (Å²) in [6.07, 6.45) is 2.27. The van der Waals surface area contributed by atoms with Gasteiger partial charge in [0.15, 0.2) is 0 Å². The third-order valence-corrected chi connectivity index (χ3v) is 5.18. The molecule has 0 saturated heterocycles. The van der Waals surface area contributed by atoms with Crippen molar-refractivity contribution in [1.29, 1.82) is 0 Å². The van der Waals surface area contributed by atoms with Crippen LogP contribution in [-0.2, 0) is 12.8 Å². The second kappa shape index (κ2) is 6.51. The van der Waals surface area contributed by atoms with Crippen LogP contribution in [0.4, 0.5) is 0 Å². The molecule has 0 fully saturated rings. The topological polar surface area (TPSA) is 0 Å². The average molecular weight is 309 g/mol. The second-order valence-corrected chi connectivity index (χ2v) is 8.25. The first-order valence-electron chi connectivity index (χ1n) is 8.72. The van der Waals surface area contributed by atoms with Gasteiger partial charge in [0.25, 0.3) is 0 Å². The maximum absolute atomic E-state index is 2.40. The monoisotopic (exact) mass is 308 g/mol. The van der Waals surface area contributed by atoms with Gasteiger partial charge in [0.05, 0.1) is 0 Å². The Morgan fingerprint density at radius 1 is 0.609 bits per heavy atom. The molecule has 0 heterocycles. The van der Waals surface area contributed by atoms with Gasteiger partial charge in [-0.05, 0) is 93.2 Å². The molecule has 0 unspecified atom stereocenters. The van der Waals surface area contributed by atoms with Gasteiger partial charge in [-0.3, -0.25) is 0 Å². The molecule has 0 radical (unpaired) electrons. The summed E-state index contributed by atoms with van der Waals surface area (Å²) in [6, 6.07) is 9.33. The average Bonchev–Trinajstić information content (AvgIpc) is 2.40. The lowest BCUT2D eigenvalue weighted by Gasteiger charge is -2.28. The minimum Gasteiger partial charge on any atom is -0.0593 e. The van der Waals surface area contributed by atoms with Crippen LogP contribution in [0.1, 0.15) is 58.4 Å². The highest BCUT2D eigenvalue weighted by molar-refractivity contribution is 5.40. The van der Waals surface area contributed by atoms with Crippen molar-refractivity contribution in [2.75, 3.05) is 0 Å². The summed E-state index contributed by atoms with van der Waals surface area (Å²) in [4.78, 5) is 0. The Bertz CT molecular complexity index is 656. The summed E-state index contributed by atoms with van der Waals surface area (Å²) in [7, 11) is 0. The summed E-state index contributed by atoms with van der Waals surface area (Å²) < 4.78 is 0. The molecule has 0 nitrogen and oxygen atoms in total. The SMILES string of the molecule is Cc1cc(C)c(C)c(CC(C)(C)Cc2cc(C)cc(C)c2C)c1. The molecule has 2 aromatic rings. The summed E-state index contributed by atoms with van der Waals surface area (Å²) in [5.74, 6) is 0. The van der Waals surface area contributed by atoms with Gasteiger partial charge in [-0.15, -0.1) is 0 Å². The Balaban J connectivity index is 2.30. The number of benzene rings is 2. The second-order valence-electron chi connectivity index (χ2n) is 8.25. The fraction of sp³-hybridized carbons (Fsp3) is 0.478. The lowest BCUT2D eigenvalue weighted by molar-refractivity contribution is 0.359. The van der Waals surface area contributed by atoms with E-state index in [-0.39, 0.29) is 5.41 Å². The molecule has 0 heteroatoms. The van der Waals surface area contributed by atoms with E-state index in [0.29, 0.717) is 0 Å². The third kappa shape index (κ3) is 4.25. The molecule has 0 atom stereocenters. The maximum atomic E-state index is 2.40. The van der Waals surface area contributed by atoms with E-state index >= 15 is 0 Å². The van der Waals surface area contributed by atoms with Gasteiger partial charge in [0.1, 0.15) is 0 Å². The van der Waals surface area contributed by atoms with Crippen LogP contribution in [-0.4, -0.2) is 0 Å². The van der Waals surface area contributed by atoms with Crippen LogP contribution < -0.4 is 0 Å². The Labute approximate surface area is 143 Å². The van der Waals surface area contributed by atoms with Gasteiger partial charge in [-0.2, -0.15) is 0 Å². The van der Waals surface area contributed by atoms with Gasteiger partial charge in [0.2, 0.25) is 0 Å². The summed E-state index contributed by atoms with van der Waals surface area (Å²) in [5, 5.41) is 0. The van der Waals surface area contributed by atoms with Crippen molar-refractivity contribution in [1.82, 2.24) is 0 Å². The van der Waals surface area contributed by atoms with E-state index in [1.807, 2.05) is 0 Å². The summed E-state index contributed by atoms with van der Waals surface area (Å²) in [5.41, 5.74) is 11.8. The van der Waals surface area contributed by atoms with Crippen molar-refractivity contribution in [3.63, 3.8) is 0 Å². The zero-order valence-corrected chi connectivity index (χ0v) is 16.2. The fourth-order valence-corrected chi connectivity index (χ4v) is 3.72. The van der Waals surface area contributed by atoms with Crippen LogP contribution in [0, 0.1) is 47.0 Å². The highest BCUT2D eigenvalue weighted by Crippen LogP contribution is 2.31. The first-order valence-corrected chi connectivity index (χ1v) is 8.72. The predicted molar refractivity (Wildman–Crippen MR) is 102 cm³/mol. The Morgan fingerprint density at radius 2 is 0.957 bits per heavy atom. The van der Waals surface area contributed by atoms with E-state index in [1.165, 1.54) is 44.5 Å². The molecule has 0 aliphatic carbocycles. The molecule has 124 valence electrons. The number of hydrogen-bond donors (Lipinski definition) is 0. The minimum absolute atomic E-state index is 0.260. The number of aryl methyl sites for hydroxylation is 4. The zero-order chi connectivity index (χ0) is 17.4. The van der Waals surface area contributed by atoms with Gasteiger partial charge in [-0.25, -0.2) is 0 Å². The first-order chi connectivity index (χ1) is 10.6. The molecule has 0 spiro atoms. The molecule has 0 aliphatic rings. The summed E-state index contributed by atoms with van der Waals surface area (Å²) in [6.45, 7) is 18.2. The largest absolute Gasteiger partial charge is 0.0593 e. The number of rotatable bonds is 4. The van der Waals surface area contributed by atoms with Crippen LogP contribution in [0.25, 0.3) is 0 Å². The quantitative estimate of drug-likeness (QED) is 0.617.